The number of nitrogens with one attached hydrogen (secondary N) is 2. The molecular formula is C22H14N4O3S. The second-order valence-electron chi connectivity index (χ2n) is 6.72. The van der Waals surface area contributed by atoms with Crippen molar-refractivity contribution in [1.82, 2.24) is 9.97 Å². The first-order valence-corrected chi connectivity index (χ1v) is 9.93. The fourth-order valence-corrected chi connectivity index (χ4v) is 4.19. The highest BCUT2D eigenvalue weighted by atomic mass is 32.1. The van der Waals surface area contributed by atoms with Crippen LogP contribution in [-0.2, 0) is 0 Å². The molecule has 0 bridgehead atoms. The largest absolute Gasteiger partial charge is 0.338 e. The van der Waals surface area contributed by atoms with Crippen LogP contribution in [0.4, 0.5) is 11.4 Å². The number of anilines is 1. The Hall–Kier alpha value is -4.04. The molecule has 30 heavy (non-hydrogen) atoms. The zero-order valence-corrected chi connectivity index (χ0v) is 16.3. The minimum atomic E-state index is -0.444. The molecule has 5 aromatic rings. The van der Waals surface area contributed by atoms with Crippen LogP contribution in [0.5, 0.6) is 0 Å². The van der Waals surface area contributed by atoms with Crippen molar-refractivity contribution in [2.75, 3.05) is 5.32 Å². The maximum Gasteiger partial charge on any atom is 0.270 e. The van der Waals surface area contributed by atoms with Gasteiger partial charge in [0.2, 0.25) is 0 Å². The van der Waals surface area contributed by atoms with Gasteiger partial charge in [-0.25, -0.2) is 4.98 Å². The molecule has 0 fully saturated rings. The van der Waals surface area contributed by atoms with Crippen LogP contribution in [0.2, 0.25) is 0 Å². The van der Waals surface area contributed by atoms with Crippen LogP contribution in [0, 0.1) is 10.1 Å². The predicted molar refractivity (Wildman–Crippen MR) is 118 cm³/mol. The van der Waals surface area contributed by atoms with E-state index in [1.165, 1.54) is 23.5 Å². The number of nitro benzene ring substituents is 1. The van der Waals surface area contributed by atoms with Gasteiger partial charge in [-0.2, -0.15) is 0 Å². The van der Waals surface area contributed by atoms with Crippen molar-refractivity contribution in [2.45, 2.75) is 0 Å². The van der Waals surface area contributed by atoms with Gasteiger partial charge in [-0.3, -0.25) is 14.9 Å². The zero-order chi connectivity index (χ0) is 20.7. The Morgan fingerprint density at radius 1 is 1.03 bits per heavy atom. The second kappa shape index (κ2) is 7.09. The fraction of sp³-hybridized carbons (Fsp3) is 0. The first-order valence-electron chi connectivity index (χ1n) is 9.11. The van der Waals surface area contributed by atoms with Crippen LogP contribution < -0.4 is 5.32 Å². The molecule has 0 aliphatic rings. The number of non-ortho nitro benzene ring substituents is 1. The van der Waals surface area contributed by atoms with E-state index in [1.807, 2.05) is 48.5 Å². The van der Waals surface area contributed by atoms with Crippen LogP contribution >= 0.6 is 11.3 Å². The monoisotopic (exact) mass is 414 g/mol. The molecule has 0 aliphatic heterocycles. The number of aromatic amines is 1. The molecule has 2 N–H and O–H groups in total. The summed E-state index contributed by atoms with van der Waals surface area (Å²) in [5.74, 6) is 0.510. The zero-order valence-electron chi connectivity index (χ0n) is 15.5. The third-order valence-corrected chi connectivity index (χ3v) is 5.85. The van der Waals surface area contributed by atoms with Crippen molar-refractivity contribution in [2.24, 2.45) is 0 Å². The van der Waals surface area contributed by atoms with Crippen molar-refractivity contribution < 1.29 is 9.72 Å². The highest BCUT2D eigenvalue weighted by molar-refractivity contribution is 7.20. The summed E-state index contributed by atoms with van der Waals surface area (Å²) < 4.78 is 0.825. The first-order chi connectivity index (χ1) is 14.6. The molecule has 0 saturated heterocycles. The van der Waals surface area contributed by atoms with Gasteiger partial charge in [0.05, 0.1) is 20.8 Å². The summed E-state index contributed by atoms with van der Waals surface area (Å²) in [6.07, 6.45) is 0. The third kappa shape index (κ3) is 3.29. The molecule has 7 nitrogen and oxygen atoms in total. The summed E-state index contributed by atoms with van der Waals surface area (Å²) in [6, 6.07) is 21.5. The third-order valence-electron chi connectivity index (χ3n) is 4.74. The number of nitro groups is 1. The van der Waals surface area contributed by atoms with E-state index in [-0.39, 0.29) is 11.6 Å². The molecule has 2 heterocycles. The van der Waals surface area contributed by atoms with Crippen molar-refractivity contribution >= 4 is 49.7 Å². The van der Waals surface area contributed by atoms with Crippen LogP contribution in [-0.4, -0.2) is 20.8 Å². The Kier molecular flexibility index (Phi) is 4.26. The molecule has 0 unspecified atom stereocenters. The molecule has 1 amide bonds. The lowest BCUT2D eigenvalue weighted by atomic mass is 10.2. The number of rotatable bonds is 4. The maximum atomic E-state index is 12.6. The van der Waals surface area contributed by atoms with E-state index < -0.39 is 4.92 Å². The summed E-state index contributed by atoms with van der Waals surface area (Å²) in [5, 5.41) is 14.5. The summed E-state index contributed by atoms with van der Waals surface area (Å²) in [4.78, 5) is 31.5. The van der Waals surface area contributed by atoms with Crippen molar-refractivity contribution in [3.8, 4) is 11.4 Å². The number of imidazole rings is 1. The van der Waals surface area contributed by atoms with Gasteiger partial charge in [-0.05, 0) is 48.5 Å². The maximum absolute atomic E-state index is 12.6. The average Bonchev–Trinajstić information content (AvgIpc) is 3.38. The Bertz CT molecular complexity index is 1390. The number of hydrogen-bond donors (Lipinski definition) is 2. The molecule has 146 valence electrons. The van der Waals surface area contributed by atoms with E-state index in [4.69, 9.17) is 0 Å². The number of carbonyl (C=O) groups is 1. The van der Waals surface area contributed by atoms with Crippen LogP contribution in [0.1, 0.15) is 9.67 Å². The van der Waals surface area contributed by atoms with Gasteiger partial charge >= 0.3 is 0 Å². The van der Waals surface area contributed by atoms with Crippen LogP contribution in [0.25, 0.3) is 32.5 Å². The molecule has 0 spiro atoms. The smallest absolute Gasteiger partial charge is 0.270 e. The van der Waals surface area contributed by atoms with Crippen molar-refractivity contribution in [3.63, 3.8) is 0 Å². The van der Waals surface area contributed by atoms with Gasteiger partial charge in [0, 0.05) is 33.5 Å². The molecule has 3 aromatic carbocycles. The highest BCUT2D eigenvalue weighted by Crippen LogP contribution is 2.30. The Morgan fingerprint density at radius 2 is 1.83 bits per heavy atom. The van der Waals surface area contributed by atoms with Gasteiger partial charge in [0.15, 0.2) is 0 Å². The highest BCUT2D eigenvalue weighted by Gasteiger charge is 2.14. The quantitative estimate of drug-likeness (QED) is 0.295. The van der Waals surface area contributed by atoms with Gasteiger partial charge in [0.1, 0.15) is 5.82 Å². The van der Waals surface area contributed by atoms with Gasteiger partial charge in [-0.15, -0.1) is 11.3 Å². The van der Waals surface area contributed by atoms with Crippen molar-refractivity contribution in [1.29, 1.82) is 0 Å². The summed E-state index contributed by atoms with van der Waals surface area (Å²) >= 11 is 1.30. The standard InChI is InChI=1S/C22H14N4O3S/c27-22(20-12-14-11-16(26(28)29)9-10-19(14)30-20)23-15-7-5-13(6-8-15)21-24-17-3-1-2-4-18(17)25-21/h1-12H,(H,23,27)(H,24,25). The lowest BCUT2D eigenvalue weighted by molar-refractivity contribution is -0.384. The number of benzene rings is 3. The average molecular weight is 414 g/mol. The van der Waals surface area contributed by atoms with Gasteiger partial charge in [-0.1, -0.05) is 12.1 Å². The molecular weight excluding hydrogens is 400 g/mol. The number of carbonyl (C=O) groups excluding carboxylic acids is 1. The molecule has 0 radical (unpaired) electrons. The lowest BCUT2D eigenvalue weighted by Crippen LogP contribution is -2.09. The molecule has 2 aromatic heterocycles. The van der Waals surface area contributed by atoms with E-state index in [0.29, 0.717) is 16.0 Å². The summed E-state index contributed by atoms with van der Waals surface area (Å²) in [7, 11) is 0. The van der Waals surface area contributed by atoms with Crippen molar-refractivity contribution in [3.05, 3.63) is 87.8 Å². The number of aromatic nitrogens is 2. The summed E-state index contributed by atoms with van der Waals surface area (Å²) in [6.45, 7) is 0. The van der Waals surface area contributed by atoms with E-state index >= 15 is 0 Å². The first kappa shape index (κ1) is 18.0. The Labute approximate surface area is 174 Å². The number of amides is 1. The number of thiophene rings is 1. The van der Waals surface area contributed by atoms with E-state index in [9.17, 15) is 14.9 Å². The topological polar surface area (TPSA) is 101 Å². The van der Waals surface area contributed by atoms with E-state index in [0.717, 1.165) is 27.1 Å². The Morgan fingerprint density at radius 3 is 2.60 bits per heavy atom. The number of para-hydroxylation sites is 2. The summed E-state index contributed by atoms with van der Waals surface area (Å²) in [5.41, 5.74) is 3.44. The van der Waals surface area contributed by atoms with Crippen LogP contribution in [0.15, 0.2) is 72.8 Å². The second-order valence-corrected chi connectivity index (χ2v) is 7.81. The number of hydrogen-bond acceptors (Lipinski definition) is 5. The minimum Gasteiger partial charge on any atom is -0.338 e. The predicted octanol–water partition coefficient (Wildman–Crippen LogP) is 5.61. The van der Waals surface area contributed by atoms with E-state index in [1.54, 1.807) is 12.1 Å². The van der Waals surface area contributed by atoms with Crippen LogP contribution in [0.3, 0.4) is 0 Å². The Balaban J connectivity index is 1.36. The number of fused-ring (bicyclic) bond motifs is 2. The fourth-order valence-electron chi connectivity index (χ4n) is 3.25. The van der Waals surface area contributed by atoms with E-state index in [2.05, 4.69) is 15.3 Å². The minimum absolute atomic E-state index is 0.00781. The molecule has 0 saturated carbocycles. The van der Waals surface area contributed by atoms with Gasteiger partial charge < -0.3 is 10.3 Å². The lowest BCUT2D eigenvalue weighted by Gasteiger charge is -2.04. The normalized spacial score (nSPS) is 11.1. The number of nitrogens with zero attached hydrogens (tertiary/aromatic N) is 2. The molecule has 5 rings (SSSR count). The molecule has 0 atom stereocenters. The number of H-pyrrole nitrogens is 1. The van der Waals surface area contributed by atoms with Gasteiger partial charge in [0.25, 0.3) is 11.6 Å². The molecule has 0 aliphatic carbocycles. The SMILES string of the molecule is O=C(Nc1ccc(-c2nc3ccccc3[nH]2)cc1)c1cc2cc([N+](=O)[O-])ccc2s1. The molecule has 8 heteroatoms.